The minimum atomic E-state index is -0.528. The Bertz CT molecular complexity index is 275. The molecule has 5 nitrogen and oxygen atoms in total. The lowest BCUT2D eigenvalue weighted by Gasteiger charge is -2.28. The number of carbonyl (C=O) groups excluding carboxylic acids is 2. The second-order valence-corrected chi connectivity index (χ2v) is 4.72. The molecule has 0 aromatic carbocycles. The number of amides is 2. The summed E-state index contributed by atoms with van der Waals surface area (Å²) in [5, 5.41) is 5.51. The van der Waals surface area contributed by atoms with Crippen LogP contribution in [0.15, 0.2) is 0 Å². The zero-order valence-electron chi connectivity index (χ0n) is 10.7. The second-order valence-electron chi connectivity index (χ2n) is 4.72. The van der Waals surface area contributed by atoms with Crippen LogP contribution >= 0.6 is 0 Å². The molecular formula is C12H23N3O2. The van der Waals surface area contributed by atoms with Gasteiger partial charge in [-0.1, -0.05) is 13.8 Å². The third-order valence-corrected chi connectivity index (χ3v) is 3.58. The summed E-state index contributed by atoms with van der Waals surface area (Å²) in [6.07, 6.45) is 3.48. The molecule has 0 bridgehead atoms. The quantitative estimate of drug-likeness (QED) is 0.593. The van der Waals surface area contributed by atoms with Crippen molar-refractivity contribution < 1.29 is 9.59 Å². The molecular weight excluding hydrogens is 218 g/mol. The van der Waals surface area contributed by atoms with E-state index in [2.05, 4.69) is 10.6 Å². The molecule has 1 saturated carbocycles. The number of rotatable bonds is 7. The molecule has 0 aromatic heterocycles. The Morgan fingerprint density at radius 1 is 1.29 bits per heavy atom. The fourth-order valence-electron chi connectivity index (χ4n) is 1.81. The van der Waals surface area contributed by atoms with Gasteiger partial charge in [0.05, 0.1) is 12.0 Å². The number of carbonyl (C=O) groups is 2. The van der Waals surface area contributed by atoms with Gasteiger partial charge in [0.15, 0.2) is 0 Å². The number of hydrogen-bond donors (Lipinski definition) is 3. The van der Waals surface area contributed by atoms with Gasteiger partial charge < -0.3 is 16.4 Å². The van der Waals surface area contributed by atoms with Crippen molar-refractivity contribution in [2.75, 3.05) is 13.1 Å². The monoisotopic (exact) mass is 241 g/mol. The summed E-state index contributed by atoms with van der Waals surface area (Å²) in [6.45, 7) is 4.26. The first-order valence-corrected chi connectivity index (χ1v) is 6.35. The van der Waals surface area contributed by atoms with Gasteiger partial charge in [0.25, 0.3) is 0 Å². The van der Waals surface area contributed by atoms with E-state index in [0.717, 1.165) is 12.8 Å². The van der Waals surface area contributed by atoms with Crippen LogP contribution in [0.1, 0.15) is 39.5 Å². The van der Waals surface area contributed by atoms with Crippen molar-refractivity contribution in [3.05, 3.63) is 0 Å². The van der Waals surface area contributed by atoms with Gasteiger partial charge in [-0.3, -0.25) is 9.59 Å². The highest BCUT2D eigenvalue weighted by atomic mass is 16.2. The van der Waals surface area contributed by atoms with Crippen molar-refractivity contribution in [2.45, 2.75) is 45.6 Å². The fourth-order valence-corrected chi connectivity index (χ4v) is 1.81. The third-order valence-electron chi connectivity index (χ3n) is 3.58. The molecule has 1 aliphatic rings. The van der Waals surface area contributed by atoms with Crippen molar-refractivity contribution in [3.63, 3.8) is 0 Å². The molecule has 98 valence electrons. The maximum Gasteiger partial charge on any atom is 0.239 e. The molecule has 0 spiro atoms. The molecule has 5 heteroatoms. The van der Waals surface area contributed by atoms with Crippen molar-refractivity contribution in [3.8, 4) is 0 Å². The van der Waals surface area contributed by atoms with Crippen LogP contribution in [0.5, 0.6) is 0 Å². The number of nitrogens with two attached hydrogens (primary N) is 1. The average molecular weight is 241 g/mol. The maximum atomic E-state index is 12.0. The largest absolute Gasteiger partial charge is 0.352 e. The minimum absolute atomic E-state index is 0.0527. The maximum absolute atomic E-state index is 12.0. The standard InChI is InChI=1S/C12H23N3O2/c1-3-12(4-2,8-13)11(17)14-7-10(16)15-9-5-6-9/h9H,3-8,13H2,1-2H3,(H,14,17)(H,15,16). The molecule has 0 atom stereocenters. The molecule has 1 aliphatic carbocycles. The van der Waals surface area contributed by atoms with E-state index in [4.69, 9.17) is 5.73 Å². The Labute approximate surface area is 103 Å². The Morgan fingerprint density at radius 3 is 2.29 bits per heavy atom. The van der Waals surface area contributed by atoms with Crippen molar-refractivity contribution >= 4 is 11.8 Å². The van der Waals surface area contributed by atoms with E-state index in [1.54, 1.807) is 0 Å². The first kappa shape index (κ1) is 14.0. The van der Waals surface area contributed by atoms with Gasteiger partial charge in [0, 0.05) is 12.6 Å². The SMILES string of the molecule is CCC(CC)(CN)C(=O)NCC(=O)NC1CC1. The molecule has 0 aromatic rings. The Kier molecular flexibility index (Phi) is 4.93. The number of hydrogen-bond acceptors (Lipinski definition) is 3. The predicted octanol–water partition coefficient (Wildman–Crippen LogP) is 0.146. The van der Waals surface area contributed by atoms with Gasteiger partial charge in [-0.2, -0.15) is 0 Å². The van der Waals surface area contributed by atoms with Gasteiger partial charge in [-0.05, 0) is 25.7 Å². The molecule has 4 N–H and O–H groups in total. The highest BCUT2D eigenvalue weighted by molar-refractivity contribution is 5.88. The Balaban J connectivity index is 2.38. The first-order valence-electron chi connectivity index (χ1n) is 6.35. The molecule has 0 aliphatic heterocycles. The van der Waals surface area contributed by atoms with Crippen LogP contribution < -0.4 is 16.4 Å². The van der Waals surface area contributed by atoms with Crippen molar-refractivity contribution in [1.29, 1.82) is 0 Å². The van der Waals surface area contributed by atoms with E-state index in [0.29, 0.717) is 25.4 Å². The van der Waals surface area contributed by atoms with Gasteiger partial charge in [-0.15, -0.1) is 0 Å². The predicted molar refractivity (Wildman–Crippen MR) is 66.2 cm³/mol. The first-order chi connectivity index (χ1) is 8.07. The summed E-state index contributed by atoms with van der Waals surface area (Å²) in [7, 11) is 0. The molecule has 0 heterocycles. The molecule has 0 unspecified atom stereocenters. The summed E-state index contributed by atoms with van der Waals surface area (Å²) >= 11 is 0. The minimum Gasteiger partial charge on any atom is -0.352 e. The van der Waals surface area contributed by atoms with Crippen LogP contribution in [-0.4, -0.2) is 30.9 Å². The molecule has 1 rings (SSSR count). The van der Waals surface area contributed by atoms with Crippen LogP contribution in [0.3, 0.4) is 0 Å². The summed E-state index contributed by atoms with van der Waals surface area (Å²) in [4.78, 5) is 23.4. The third kappa shape index (κ3) is 3.70. The van der Waals surface area contributed by atoms with E-state index in [1.807, 2.05) is 13.8 Å². The van der Waals surface area contributed by atoms with Crippen LogP contribution in [0.4, 0.5) is 0 Å². The van der Waals surface area contributed by atoms with Gasteiger partial charge in [0.2, 0.25) is 11.8 Å². The summed E-state index contributed by atoms with van der Waals surface area (Å²) in [5.74, 6) is -0.227. The van der Waals surface area contributed by atoms with E-state index in [1.165, 1.54) is 0 Å². The smallest absolute Gasteiger partial charge is 0.239 e. The summed E-state index contributed by atoms with van der Waals surface area (Å²) in [6, 6.07) is 0.330. The van der Waals surface area contributed by atoms with E-state index < -0.39 is 5.41 Å². The van der Waals surface area contributed by atoms with Crippen molar-refractivity contribution in [2.24, 2.45) is 11.1 Å². The van der Waals surface area contributed by atoms with Crippen LogP contribution in [0.2, 0.25) is 0 Å². The van der Waals surface area contributed by atoms with E-state index in [9.17, 15) is 9.59 Å². The topological polar surface area (TPSA) is 84.2 Å². The van der Waals surface area contributed by atoms with Crippen molar-refractivity contribution in [1.82, 2.24) is 10.6 Å². The summed E-state index contributed by atoms with van der Waals surface area (Å²) < 4.78 is 0. The van der Waals surface area contributed by atoms with Crippen LogP contribution in [0.25, 0.3) is 0 Å². The van der Waals surface area contributed by atoms with Gasteiger partial charge >= 0.3 is 0 Å². The lowest BCUT2D eigenvalue weighted by molar-refractivity contribution is -0.133. The fraction of sp³-hybridized carbons (Fsp3) is 0.833. The van der Waals surface area contributed by atoms with E-state index in [-0.39, 0.29) is 18.4 Å². The number of nitrogens with one attached hydrogen (secondary N) is 2. The lowest BCUT2D eigenvalue weighted by Crippen LogP contribution is -2.48. The average Bonchev–Trinajstić information content (AvgIpc) is 3.13. The lowest BCUT2D eigenvalue weighted by atomic mass is 9.81. The second kappa shape index (κ2) is 6.00. The van der Waals surface area contributed by atoms with Crippen LogP contribution in [-0.2, 0) is 9.59 Å². The summed E-state index contributed by atoms with van der Waals surface area (Å²) in [5.41, 5.74) is 5.14. The zero-order chi connectivity index (χ0) is 12.9. The zero-order valence-corrected chi connectivity index (χ0v) is 10.7. The highest BCUT2D eigenvalue weighted by Gasteiger charge is 2.33. The van der Waals surface area contributed by atoms with Gasteiger partial charge in [0.1, 0.15) is 0 Å². The molecule has 0 radical (unpaired) electrons. The van der Waals surface area contributed by atoms with Gasteiger partial charge in [-0.25, -0.2) is 0 Å². The van der Waals surface area contributed by atoms with Crippen LogP contribution in [0, 0.1) is 5.41 Å². The highest BCUT2D eigenvalue weighted by Crippen LogP contribution is 2.24. The molecule has 17 heavy (non-hydrogen) atoms. The molecule has 2 amide bonds. The molecule has 0 saturated heterocycles. The van der Waals surface area contributed by atoms with E-state index >= 15 is 0 Å². The normalized spacial score (nSPS) is 15.5. The Hall–Kier alpha value is -1.10. The Morgan fingerprint density at radius 2 is 1.88 bits per heavy atom. The molecule has 1 fully saturated rings.